The van der Waals surface area contributed by atoms with E-state index < -0.39 is 0 Å². The lowest BCUT2D eigenvalue weighted by Gasteiger charge is -1.81. The van der Waals surface area contributed by atoms with Crippen LogP contribution in [0.3, 0.4) is 0 Å². The van der Waals surface area contributed by atoms with Gasteiger partial charge < -0.3 is 4.57 Å². The Morgan fingerprint density at radius 3 is 2.88 bits per heavy atom. The summed E-state index contributed by atoms with van der Waals surface area (Å²) in [5.74, 6) is 0.338. The summed E-state index contributed by atoms with van der Waals surface area (Å²) < 4.78 is 1.56. The maximum atomic E-state index is 8.23. The van der Waals surface area contributed by atoms with E-state index in [1.54, 1.807) is 11.6 Å². The van der Waals surface area contributed by atoms with Gasteiger partial charge in [0.2, 0.25) is 5.82 Å². The van der Waals surface area contributed by atoms with E-state index in [0.29, 0.717) is 5.82 Å². The van der Waals surface area contributed by atoms with Crippen molar-refractivity contribution in [1.82, 2.24) is 14.8 Å². The summed E-state index contributed by atoms with van der Waals surface area (Å²) in [4.78, 5) is 0. The van der Waals surface area contributed by atoms with E-state index in [1.807, 2.05) is 6.07 Å². The molecule has 4 nitrogen and oxygen atoms in total. The first-order chi connectivity index (χ1) is 3.84. The first kappa shape index (κ1) is 4.78. The minimum absolute atomic E-state index is 0.338. The molecule has 40 valence electrons. The molecule has 0 fully saturated rings. The van der Waals surface area contributed by atoms with Crippen LogP contribution in [0.25, 0.3) is 0 Å². The highest BCUT2D eigenvalue weighted by atomic mass is 15.2. The van der Waals surface area contributed by atoms with Crippen molar-refractivity contribution in [2.45, 2.75) is 0 Å². The van der Waals surface area contributed by atoms with E-state index in [1.165, 1.54) is 6.33 Å². The van der Waals surface area contributed by atoms with Gasteiger partial charge in [-0.15, -0.1) is 10.2 Å². The van der Waals surface area contributed by atoms with Crippen molar-refractivity contribution < 1.29 is 0 Å². The van der Waals surface area contributed by atoms with Crippen LogP contribution in [0.4, 0.5) is 0 Å². The summed E-state index contributed by atoms with van der Waals surface area (Å²) in [6.45, 7) is 0. The number of nitriles is 1. The van der Waals surface area contributed by atoms with Crippen molar-refractivity contribution in [3.63, 3.8) is 0 Å². The van der Waals surface area contributed by atoms with Gasteiger partial charge in [-0.3, -0.25) is 0 Å². The first-order valence-corrected chi connectivity index (χ1v) is 2.08. The molecule has 1 rings (SSSR count). The molecule has 0 N–H and O–H groups in total. The maximum Gasteiger partial charge on any atom is 0.234 e. The largest absolute Gasteiger partial charge is 0.308 e. The lowest BCUT2D eigenvalue weighted by atomic mass is 10.7. The molecule has 0 aromatic carbocycles. The van der Waals surface area contributed by atoms with Crippen LogP contribution < -0.4 is 0 Å². The zero-order chi connectivity index (χ0) is 5.98. The summed E-state index contributed by atoms with van der Waals surface area (Å²) in [6.07, 6.45) is 1.48. The fraction of sp³-hybridized carbons (Fsp3) is 0.250. The Balaban J connectivity index is 3.15. The van der Waals surface area contributed by atoms with E-state index in [2.05, 4.69) is 10.2 Å². The van der Waals surface area contributed by atoms with Crippen LogP contribution in [0.5, 0.6) is 0 Å². The summed E-state index contributed by atoms with van der Waals surface area (Å²) in [5.41, 5.74) is 0. The van der Waals surface area contributed by atoms with Gasteiger partial charge in [0.25, 0.3) is 0 Å². The van der Waals surface area contributed by atoms with Crippen LogP contribution in [-0.2, 0) is 7.05 Å². The highest BCUT2D eigenvalue weighted by Gasteiger charge is 1.92. The van der Waals surface area contributed by atoms with Gasteiger partial charge in [-0.1, -0.05) is 0 Å². The van der Waals surface area contributed by atoms with Gasteiger partial charge in [-0.05, 0) is 0 Å². The average molecular weight is 108 g/mol. The Bertz CT molecular complexity index is 218. The molecule has 0 unspecified atom stereocenters. The van der Waals surface area contributed by atoms with Gasteiger partial charge in [0.15, 0.2) is 0 Å². The number of rotatable bonds is 0. The van der Waals surface area contributed by atoms with E-state index in [9.17, 15) is 0 Å². The monoisotopic (exact) mass is 108 g/mol. The van der Waals surface area contributed by atoms with Crippen molar-refractivity contribution in [2.24, 2.45) is 7.05 Å². The molecule has 0 radical (unpaired) electrons. The number of nitrogens with zero attached hydrogens (tertiary/aromatic N) is 4. The van der Waals surface area contributed by atoms with Crippen molar-refractivity contribution in [2.75, 3.05) is 0 Å². The fourth-order valence-corrected chi connectivity index (χ4v) is 0.384. The van der Waals surface area contributed by atoms with E-state index in [0.717, 1.165) is 0 Å². The fourth-order valence-electron chi connectivity index (χ4n) is 0.384. The third-order valence-corrected chi connectivity index (χ3v) is 0.811. The molecule has 0 saturated carbocycles. The minimum atomic E-state index is 0.338. The Morgan fingerprint density at radius 2 is 2.62 bits per heavy atom. The molecule has 0 spiro atoms. The van der Waals surface area contributed by atoms with E-state index >= 15 is 0 Å². The molecule has 1 aromatic heterocycles. The SMILES string of the molecule is Cn1cnnc1C#N. The molecule has 1 heterocycles. The van der Waals surface area contributed by atoms with Gasteiger partial charge in [0.1, 0.15) is 12.4 Å². The number of hydrogen-bond donors (Lipinski definition) is 0. The van der Waals surface area contributed by atoms with E-state index in [-0.39, 0.29) is 0 Å². The Kier molecular flexibility index (Phi) is 0.968. The van der Waals surface area contributed by atoms with Crippen LogP contribution in [0, 0.1) is 11.3 Å². The third-order valence-electron chi connectivity index (χ3n) is 0.811. The van der Waals surface area contributed by atoms with Gasteiger partial charge >= 0.3 is 0 Å². The smallest absolute Gasteiger partial charge is 0.234 e. The molecule has 8 heavy (non-hydrogen) atoms. The van der Waals surface area contributed by atoms with Gasteiger partial charge in [-0.2, -0.15) is 5.26 Å². The quantitative estimate of drug-likeness (QED) is 0.458. The molecule has 0 aliphatic heterocycles. The second-order valence-electron chi connectivity index (χ2n) is 1.38. The minimum Gasteiger partial charge on any atom is -0.308 e. The van der Waals surface area contributed by atoms with Crippen molar-refractivity contribution >= 4 is 0 Å². The standard InChI is InChI=1S/C4H4N4/c1-8-3-6-7-4(8)2-5/h3H,1H3. The third kappa shape index (κ3) is 0.540. The van der Waals surface area contributed by atoms with E-state index in [4.69, 9.17) is 5.26 Å². The Morgan fingerprint density at radius 1 is 1.88 bits per heavy atom. The first-order valence-electron chi connectivity index (χ1n) is 2.08. The predicted molar refractivity (Wildman–Crippen MR) is 25.7 cm³/mol. The van der Waals surface area contributed by atoms with Crippen LogP contribution >= 0.6 is 0 Å². The van der Waals surface area contributed by atoms with Gasteiger partial charge in [-0.25, -0.2) is 0 Å². The second kappa shape index (κ2) is 1.62. The van der Waals surface area contributed by atoms with Crippen LogP contribution in [0.15, 0.2) is 6.33 Å². The molecular formula is C4H4N4. The topological polar surface area (TPSA) is 54.5 Å². The van der Waals surface area contributed by atoms with Crippen LogP contribution in [0.1, 0.15) is 5.82 Å². The van der Waals surface area contributed by atoms with Gasteiger partial charge in [0.05, 0.1) is 0 Å². The summed E-state index contributed by atoms with van der Waals surface area (Å²) in [5, 5.41) is 15.2. The highest BCUT2D eigenvalue weighted by Crippen LogP contribution is 1.84. The number of hydrogen-bond acceptors (Lipinski definition) is 3. The molecule has 0 aliphatic carbocycles. The molecule has 0 amide bonds. The molecule has 0 atom stereocenters. The Hall–Kier alpha value is -1.37. The molecule has 4 heteroatoms. The number of aryl methyl sites for hydroxylation is 1. The molecule has 0 aliphatic rings. The molecular weight excluding hydrogens is 104 g/mol. The van der Waals surface area contributed by atoms with Crippen molar-refractivity contribution in [1.29, 1.82) is 5.26 Å². The van der Waals surface area contributed by atoms with Gasteiger partial charge in [0, 0.05) is 7.05 Å². The highest BCUT2D eigenvalue weighted by molar-refractivity contribution is 5.06. The van der Waals surface area contributed by atoms with Crippen LogP contribution in [-0.4, -0.2) is 14.8 Å². The molecule has 0 saturated heterocycles. The Labute approximate surface area is 46.4 Å². The maximum absolute atomic E-state index is 8.23. The average Bonchev–Trinajstić information content (AvgIpc) is 2.14. The summed E-state index contributed by atoms with van der Waals surface area (Å²) >= 11 is 0. The summed E-state index contributed by atoms with van der Waals surface area (Å²) in [7, 11) is 1.72. The lowest BCUT2D eigenvalue weighted by molar-refractivity contribution is 0.888. The summed E-state index contributed by atoms with van der Waals surface area (Å²) in [6, 6.07) is 1.86. The normalized spacial score (nSPS) is 8.50. The zero-order valence-corrected chi connectivity index (χ0v) is 4.37. The molecule has 1 aromatic rings. The second-order valence-corrected chi connectivity index (χ2v) is 1.38. The lowest BCUT2D eigenvalue weighted by Crippen LogP contribution is -1.88. The number of aromatic nitrogens is 3. The molecule has 0 bridgehead atoms. The predicted octanol–water partition coefficient (Wildman–Crippen LogP) is -0.313. The van der Waals surface area contributed by atoms with Crippen LogP contribution in [0.2, 0.25) is 0 Å². The zero-order valence-electron chi connectivity index (χ0n) is 4.37. The van der Waals surface area contributed by atoms with Crippen molar-refractivity contribution in [3.05, 3.63) is 12.2 Å². The van der Waals surface area contributed by atoms with Crippen molar-refractivity contribution in [3.8, 4) is 6.07 Å².